The van der Waals surface area contributed by atoms with Crippen molar-refractivity contribution in [3.63, 3.8) is 0 Å². The monoisotopic (exact) mass is 492 g/mol. The van der Waals surface area contributed by atoms with Gasteiger partial charge in [-0.25, -0.2) is 9.37 Å². The first-order valence-corrected chi connectivity index (χ1v) is 12.6. The van der Waals surface area contributed by atoms with E-state index in [-0.39, 0.29) is 5.82 Å². The van der Waals surface area contributed by atoms with Crippen molar-refractivity contribution >= 4 is 5.95 Å². The van der Waals surface area contributed by atoms with Gasteiger partial charge in [-0.15, -0.1) is 0 Å². The fourth-order valence-corrected chi connectivity index (χ4v) is 4.89. The normalized spacial score (nSPS) is 15.9. The molecule has 0 bridgehead atoms. The second kappa shape index (κ2) is 10.7. The Morgan fingerprint density at radius 2 is 1.64 bits per heavy atom. The average Bonchev–Trinajstić information content (AvgIpc) is 2.91. The quantitative estimate of drug-likeness (QED) is 0.445. The first-order chi connectivity index (χ1) is 17.5. The Bertz CT molecular complexity index is 1210. The van der Waals surface area contributed by atoms with Crippen LogP contribution in [0.25, 0.3) is 0 Å². The summed E-state index contributed by atoms with van der Waals surface area (Å²) >= 11 is 0. The van der Waals surface area contributed by atoms with Gasteiger partial charge in [0.1, 0.15) is 23.1 Å². The summed E-state index contributed by atoms with van der Waals surface area (Å²) in [5, 5.41) is 0. The van der Waals surface area contributed by atoms with Gasteiger partial charge in [0.2, 0.25) is 11.8 Å². The molecule has 2 aromatic carbocycles. The molecule has 5 rings (SSSR count). The van der Waals surface area contributed by atoms with Crippen LogP contribution in [0.2, 0.25) is 0 Å². The Kier molecular flexibility index (Phi) is 7.23. The molecule has 0 aliphatic carbocycles. The topological polar surface area (TPSA) is 60.0 Å². The zero-order valence-electron chi connectivity index (χ0n) is 21.2. The van der Waals surface area contributed by atoms with E-state index in [1.54, 1.807) is 33.3 Å². The van der Waals surface area contributed by atoms with Crippen LogP contribution in [-0.2, 0) is 19.5 Å². The molecule has 0 N–H and O–H groups in total. The van der Waals surface area contributed by atoms with Crippen molar-refractivity contribution in [3.05, 3.63) is 64.6 Å². The highest BCUT2D eigenvalue weighted by atomic mass is 19.1. The van der Waals surface area contributed by atoms with E-state index in [1.807, 2.05) is 18.2 Å². The number of fused-ring (bicyclic) bond motifs is 1. The predicted molar refractivity (Wildman–Crippen MR) is 137 cm³/mol. The molecule has 2 aliphatic heterocycles. The van der Waals surface area contributed by atoms with Crippen molar-refractivity contribution < 1.29 is 18.6 Å². The van der Waals surface area contributed by atoms with E-state index in [4.69, 9.17) is 24.2 Å². The van der Waals surface area contributed by atoms with E-state index in [0.717, 1.165) is 79.7 Å². The molecule has 190 valence electrons. The summed E-state index contributed by atoms with van der Waals surface area (Å²) in [7, 11) is 3.32. The number of piperidine rings is 1. The lowest BCUT2D eigenvalue weighted by atomic mass is 10.1. The lowest BCUT2D eigenvalue weighted by Crippen LogP contribution is -2.34. The molecule has 1 saturated heterocycles. The molecule has 1 aromatic heterocycles. The maximum absolute atomic E-state index is 13.9. The van der Waals surface area contributed by atoms with Gasteiger partial charge < -0.3 is 19.1 Å². The molecule has 0 spiro atoms. The van der Waals surface area contributed by atoms with Crippen LogP contribution in [0.4, 0.5) is 10.3 Å². The smallest absolute Gasteiger partial charge is 0.228 e. The second-order valence-electron chi connectivity index (χ2n) is 9.50. The number of benzene rings is 2. The van der Waals surface area contributed by atoms with Gasteiger partial charge in [0, 0.05) is 45.2 Å². The summed E-state index contributed by atoms with van der Waals surface area (Å²) in [4.78, 5) is 14.5. The molecule has 36 heavy (non-hydrogen) atoms. The summed E-state index contributed by atoms with van der Waals surface area (Å²) < 4.78 is 31.1. The van der Waals surface area contributed by atoms with E-state index in [1.165, 1.54) is 12.5 Å². The molecular formula is C28H33FN4O3. The van der Waals surface area contributed by atoms with Crippen molar-refractivity contribution in [2.75, 3.05) is 38.8 Å². The van der Waals surface area contributed by atoms with Crippen LogP contribution in [0.5, 0.6) is 23.1 Å². The summed E-state index contributed by atoms with van der Waals surface area (Å²) in [5.41, 5.74) is 3.66. The molecule has 0 radical (unpaired) electrons. The third kappa shape index (κ3) is 5.38. The molecule has 1 fully saturated rings. The standard InChI is InChI=1S/C28H33FN4O3/c1-19-13-21(7-8-25(19)29)36-27-24-18-32(17-20-14-22(34-2)16-23(15-20)35-3)12-9-26(24)30-28(31-27)33-10-5-4-6-11-33/h7-8,13-16H,4-6,9-12,17-18H2,1-3H3. The summed E-state index contributed by atoms with van der Waals surface area (Å²) in [6, 6.07) is 10.8. The minimum absolute atomic E-state index is 0.249. The molecule has 0 atom stereocenters. The number of nitrogens with zero attached hydrogens (tertiary/aromatic N) is 4. The van der Waals surface area contributed by atoms with Crippen LogP contribution in [0.1, 0.15) is 41.6 Å². The van der Waals surface area contributed by atoms with Crippen LogP contribution in [-0.4, -0.2) is 48.7 Å². The van der Waals surface area contributed by atoms with Gasteiger partial charge in [-0.3, -0.25) is 4.90 Å². The van der Waals surface area contributed by atoms with Crippen LogP contribution in [0, 0.1) is 12.7 Å². The van der Waals surface area contributed by atoms with Gasteiger partial charge in [0.15, 0.2) is 0 Å². The van der Waals surface area contributed by atoms with Crippen LogP contribution in [0.3, 0.4) is 0 Å². The molecule has 0 unspecified atom stereocenters. The third-order valence-electron chi connectivity index (χ3n) is 6.89. The first kappa shape index (κ1) is 24.3. The summed E-state index contributed by atoms with van der Waals surface area (Å²) in [6.07, 6.45) is 4.33. The zero-order valence-corrected chi connectivity index (χ0v) is 21.2. The van der Waals surface area contributed by atoms with Gasteiger partial charge in [-0.1, -0.05) is 0 Å². The number of anilines is 1. The number of hydrogen-bond acceptors (Lipinski definition) is 7. The van der Waals surface area contributed by atoms with Crippen molar-refractivity contribution in [1.29, 1.82) is 0 Å². The SMILES string of the molecule is COc1cc(CN2CCc3nc(N4CCCCC4)nc(Oc4ccc(F)c(C)c4)c3C2)cc(OC)c1. The van der Waals surface area contributed by atoms with Gasteiger partial charge in [-0.05, 0) is 67.6 Å². The maximum atomic E-state index is 13.9. The third-order valence-corrected chi connectivity index (χ3v) is 6.89. The summed E-state index contributed by atoms with van der Waals surface area (Å²) in [6.45, 7) is 5.91. The molecule has 3 aromatic rings. The fourth-order valence-electron chi connectivity index (χ4n) is 4.89. The zero-order chi connectivity index (χ0) is 25.1. The minimum atomic E-state index is -0.249. The van der Waals surface area contributed by atoms with Crippen molar-refractivity contribution in [1.82, 2.24) is 14.9 Å². The largest absolute Gasteiger partial charge is 0.497 e. The fraction of sp³-hybridized carbons (Fsp3) is 0.429. The van der Waals surface area contributed by atoms with Crippen molar-refractivity contribution in [2.45, 2.75) is 45.7 Å². The molecule has 8 heteroatoms. The van der Waals surface area contributed by atoms with E-state index in [2.05, 4.69) is 9.80 Å². The molecule has 7 nitrogen and oxygen atoms in total. The molecular weight excluding hydrogens is 459 g/mol. The van der Waals surface area contributed by atoms with Crippen LogP contribution >= 0.6 is 0 Å². The number of halogens is 1. The number of aromatic nitrogens is 2. The van der Waals surface area contributed by atoms with E-state index < -0.39 is 0 Å². The van der Waals surface area contributed by atoms with E-state index >= 15 is 0 Å². The van der Waals surface area contributed by atoms with Gasteiger partial charge in [-0.2, -0.15) is 4.98 Å². The number of methoxy groups -OCH3 is 2. The van der Waals surface area contributed by atoms with Crippen LogP contribution < -0.4 is 19.1 Å². The minimum Gasteiger partial charge on any atom is -0.497 e. The van der Waals surface area contributed by atoms with Gasteiger partial charge in [0.05, 0.1) is 25.5 Å². The highest BCUT2D eigenvalue weighted by molar-refractivity contribution is 5.44. The lowest BCUT2D eigenvalue weighted by Gasteiger charge is -2.32. The highest BCUT2D eigenvalue weighted by Crippen LogP contribution is 2.33. The number of hydrogen-bond donors (Lipinski definition) is 0. The summed E-state index contributed by atoms with van der Waals surface area (Å²) in [5.74, 6) is 3.15. The molecule has 3 heterocycles. The number of rotatable bonds is 7. The van der Waals surface area contributed by atoms with Crippen molar-refractivity contribution in [3.8, 4) is 23.1 Å². The Balaban J connectivity index is 1.45. The Morgan fingerprint density at radius 1 is 0.889 bits per heavy atom. The lowest BCUT2D eigenvalue weighted by molar-refractivity contribution is 0.237. The average molecular weight is 493 g/mol. The maximum Gasteiger partial charge on any atom is 0.228 e. The number of aryl methyl sites for hydroxylation is 1. The Hall–Kier alpha value is -3.39. The Morgan fingerprint density at radius 3 is 2.33 bits per heavy atom. The highest BCUT2D eigenvalue weighted by Gasteiger charge is 2.26. The van der Waals surface area contributed by atoms with Gasteiger partial charge >= 0.3 is 0 Å². The van der Waals surface area contributed by atoms with Crippen LogP contribution in [0.15, 0.2) is 36.4 Å². The predicted octanol–water partition coefficient (Wildman–Crippen LogP) is 5.28. The Labute approximate surface area is 211 Å². The molecule has 0 saturated carbocycles. The second-order valence-corrected chi connectivity index (χ2v) is 9.50. The van der Waals surface area contributed by atoms with E-state index in [9.17, 15) is 4.39 Å². The molecule has 0 amide bonds. The van der Waals surface area contributed by atoms with E-state index in [0.29, 0.717) is 23.7 Å². The number of ether oxygens (including phenoxy) is 3. The van der Waals surface area contributed by atoms with Crippen molar-refractivity contribution in [2.24, 2.45) is 0 Å². The molecule has 2 aliphatic rings. The first-order valence-electron chi connectivity index (χ1n) is 12.6. The van der Waals surface area contributed by atoms with Gasteiger partial charge in [0.25, 0.3) is 0 Å².